The van der Waals surface area contributed by atoms with Crippen molar-refractivity contribution in [1.82, 2.24) is 43.2 Å². The highest BCUT2D eigenvalue weighted by Gasteiger charge is 2.71. The average Bonchev–Trinajstić information content (AvgIpc) is 4.17. The second-order valence-electron chi connectivity index (χ2n) is 16.5. The molecule has 11 heteroatoms. The van der Waals surface area contributed by atoms with Crippen molar-refractivity contribution in [3.05, 3.63) is 196 Å². The van der Waals surface area contributed by atoms with Crippen LogP contribution in [0, 0.1) is 0 Å². The summed E-state index contributed by atoms with van der Waals surface area (Å²) in [5.74, 6) is -0.717. The van der Waals surface area contributed by atoms with Gasteiger partial charge in [-0.15, -0.1) is 0 Å². The summed E-state index contributed by atoms with van der Waals surface area (Å²) in [5, 5.41) is 2.42. The number of aryl methyl sites for hydroxylation is 4. The minimum atomic E-state index is -0.717. The van der Waals surface area contributed by atoms with E-state index in [-0.39, 0.29) is 0 Å². The Balaban J connectivity index is 0.905. The van der Waals surface area contributed by atoms with Crippen LogP contribution in [0.4, 0.5) is 0 Å². The van der Waals surface area contributed by atoms with Gasteiger partial charge in [0.25, 0.3) is 0 Å². The van der Waals surface area contributed by atoms with Gasteiger partial charge in [0.1, 0.15) is 22.9 Å². The van der Waals surface area contributed by atoms with Crippen LogP contribution < -0.4 is 10.7 Å². The lowest BCUT2D eigenvalue weighted by atomic mass is 9.90. The SMILES string of the molecule is C1=CC2=[N+]3C1=Cc1ccc4n1C31n3c(ccc3=C4c3ccccc3CCCn3cnc4cccnc43)=CC3=[N+]1C(=C2c1ccccc1CCCn1cnc2cncnc21)C=C3. The molecular formula is C50H37N11+2. The summed E-state index contributed by atoms with van der Waals surface area (Å²) >= 11 is 0. The molecule has 0 fully saturated rings. The molecule has 11 nitrogen and oxygen atoms in total. The van der Waals surface area contributed by atoms with Gasteiger partial charge in [-0.25, -0.2) is 24.9 Å². The second-order valence-corrected chi connectivity index (χ2v) is 16.5. The Morgan fingerprint density at radius 1 is 0.607 bits per heavy atom. The van der Waals surface area contributed by atoms with Crippen molar-refractivity contribution >= 4 is 57.0 Å². The molecule has 1 unspecified atom stereocenters. The largest absolute Gasteiger partial charge is 0.553 e. The summed E-state index contributed by atoms with van der Waals surface area (Å²) in [6, 6.07) is 31.3. The van der Waals surface area contributed by atoms with Crippen molar-refractivity contribution in [3.8, 4) is 0 Å². The standard InChI is InChI=1S/C50H37N11/c1-3-12-38(32(8-1)10-6-24-56-30-54-40-14-5-23-52-48(40)56)46-42-19-15-34-26-36-17-21-44-47(39-13-4-2-9-33(39)11-7-25-57-31-55-41-28-51-29-53-49(41)57)45-22-18-37-27-35-16-20-43(46)59(35)50(58(34)42,60(36)44)61(37)45/h1-5,8-9,12-23,26-31H,6-7,10-11,24-25H2/q+2. The fourth-order valence-corrected chi connectivity index (χ4v) is 11.0. The van der Waals surface area contributed by atoms with E-state index in [9.17, 15) is 0 Å². The Bertz CT molecular complexity index is 3610. The second kappa shape index (κ2) is 12.1. The van der Waals surface area contributed by atoms with Crippen molar-refractivity contribution in [3.63, 3.8) is 0 Å². The maximum absolute atomic E-state index is 4.62. The molecule has 1 spiro atoms. The summed E-state index contributed by atoms with van der Waals surface area (Å²) < 4.78 is 14.7. The third-order valence-electron chi connectivity index (χ3n) is 13.4. The quantitative estimate of drug-likeness (QED) is 0.165. The number of pyridine rings is 1. The number of benzene rings is 2. The molecular weight excluding hydrogens is 755 g/mol. The van der Waals surface area contributed by atoms with Crippen molar-refractivity contribution in [2.75, 3.05) is 0 Å². The molecule has 2 aromatic carbocycles. The van der Waals surface area contributed by atoms with Gasteiger partial charge in [-0.1, -0.05) is 57.7 Å². The van der Waals surface area contributed by atoms with Gasteiger partial charge in [0, 0.05) is 61.3 Å². The molecule has 0 amide bonds. The van der Waals surface area contributed by atoms with Gasteiger partial charge in [0.05, 0.1) is 40.9 Å². The lowest BCUT2D eigenvalue weighted by molar-refractivity contribution is -0.835. The zero-order chi connectivity index (χ0) is 39.8. The maximum atomic E-state index is 4.62. The third-order valence-corrected chi connectivity index (χ3v) is 13.4. The van der Waals surface area contributed by atoms with Gasteiger partial charge >= 0.3 is 5.91 Å². The zero-order valence-electron chi connectivity index (χ0n) is 33.1. The van der Waals surface area contributed by atoms with E-state index in [2.05, 4.69) is 162 Å². The Morgan fingerprint density at radius 2 is 1.38 bits per heavy atom. The lowest BCUT2D eigenvalue weighted by Gasteiger charge is -2.39. The van der Waals surface area contributed by atoms with E-state index >= 15 is 0 Å². The first-order valence-electron chi connectivity index (χ1n) is 21.1. The summed E-state index contributed by atoms with van der Waals surface area (Å²) in [6.07, 6.45) is 26.9. The van der Waals surface area contributed by atoms with Crippen LogP contribution in [-0.4, -0.2) is 63.8 Å². The lowest BCUT2D eigenvalue weighted by Crippen LogP contribution is -2.70. The molecule has 290 valence electrons. The van der Waals surface area contributed by atoms with Gasteiger partial charge in [-0.05, 0) is 84.3 Å². The van der Waals surface area contributed by atoms with E-state index < -0.39 is 5.91 Å². The molecule has 14 rings (SSSR count). The summed E-state index contributed by atoms with van der Waals surface area (Å²) in [4.78, 5) is 22.4. The van der Waals surface area contributed by atoms with E-state index in [1.165, 1.54) is 78.3 Å². The van der Waals surface area contributed by atoms with Crippen molar-refractivity contribution in [2.45, 2.75) is 44.7 Å². The van der Waals surface area contributed by atoms with Crippen molar-refractivity contribution < 1.29 is 9.15 Å². The van der Waals surface area contributed by atoms with Crippen molar-refractivity contribution in [2.24, 2.45) is 0 Å². The molecule has 0 saturated heterocycles. The molecule has 0 radical (unpaired) electrons. The first-order chi connectivity index (χ1) is 30.3. The average molecular weight is 792 g/mol. The molecule has 0 N–H and O–H groups in total. The number of rotatable bonds is 10. The van der Waals surface area contributed by atoms with Crippen molar-refractivity contribution in [1.29, 1.82) is 0 Å². The number of fused-ring (bicyclic) bond motifs is 2. The molecule has 61 heavy (non-hydrogen) atoms. The van der Waals surface area contributed by atoms with Gasteiger partial charge in [0.2, 0.25) is 22.8 Å². The molecule has 6 aliphatic rings. The minimum Gasteiger partial charge on any atom is -0.315 e. The first-order valence-corrected chi connectivity index (χ1v) is 21.1. The normalized spacial score (nSPS) is 18.5. The number of allylic oxidation sites excluding steroid dienone is 5. The third kappa shape index (κ3) is 4.34. The Labute approximate surface area is 349 Å². The molecule has 1 atom stereocenters. The Hall–Kier alpha value is -7.79. The summed E-state index contributed by atoms with van der Waals surface area (Å²) in [7, 11) is 0. The fourth-order valence-electron chi connectivity index (χ4n) is 11.0. The van der Waals surface area contributed by atoms with Crippen LogP contribution in [0.15, 0.2) is 152 Å². The molecule has 0 bridgehead atoms. The number of imidazole rings is 2. The highest BCUT2D eigenvalue weighted by Crippen LogP contribution is 2.49. The molecule has 6 aliphatic heterocycles. The highest BCUT2D eigenvalue weighted by molar-refractivity contribution is 6.30. The van der Waals surface area contributed by atoms with Crippen LogP contribution in [0.1, 0.15) is 46.5 Å². The highest BCUT2D eigenvalue weighted by atomic mass is 15.6. The Kier molecular flexibility index (Phi) is 6.58. The van der Waals surface area contributed by atoms with Crippen LogP contribution in [-0.2, 0) is 31.8 Å². The minimum absolute atomic E-state index is 0.717. The van der Waals surface area contributed by atoms with Gasteiger partial charge in [-0.3, -0.25) is 0 Å². The van der Waals surface area contributed by atoms with E-state index in [1.54, 1.807) is 12.5 Å². The zero-order valence-corrected chi connectivity index (χ0v) is 33.1. The van der Waals surface area contributed by atoms with E-state index in [1.807, 2.05) is 31.0 Å². The molecule has 12 heterocycles. The maximum Gasteiger partial charge on any atom is 0.553 e. The number of nitrogens with zero attached hydrogens (tertiary/aromatic N) is 11. The van der Waals surface area contributed by atoms with E-state index in [4.69, 9.17) is 0 Å². The fraction of sp³-hybridized carbons (Fsp3) is 0.140. The molecule has 6 aromatic heterocycles. The van der Waals surface area contributed by atoms with Crippen LogP contribution >= 0.6 is 0 Å². The van der Waals surface area contributed by atoms with Gasteiger partial charge in [-0.2, -0.15) is 9.13 Å². The first kappa shape index (κ1) is 33.1. The summed E-state index contributed by atoms with van der Waals surface area (Å²) in [5.41, 5.74) is 18.6. The monoisotopic (exact) mass is 791 g/mol. The number of hydrogen-bond acceptors (Lipinski definition) is 5. The number of aromatic nitrogens is 9. The number of hydrogen-bond donors (Lipinski definition) is 0. The smallest absolute Gasteiger partial charge is 0.315 e. The van der Waals surface area contributed by atoms with E-state index in [0.717, 1.165) is 61.1 Å². The van der Waals surface area contributed by atoms with Crippen LogP contribution in [0.2, 0.25) is 0 Å². The van der Waals surface area contributed by atoms with E-state index in [0.29, 0.717) is 0 Å². The summed E-state index contributed by atoms with van der Waals surface area (Å²) in [6.45, 7) is 1.67. The van der Waals surface area contributed by atoms with Gasteiger partial charge < -0.3 is 9.13 Å². The van der Waals surface area contributed by atoms with Crippen LogP contribution in [0.25, 0.3) is 45.6 Å². The topological polar surface area (TPSA) is 90.2 Å². The predicted molar refractivity (Wildman–Crippen MR) is 234 cm³/mol. The van der Waals surface area contributed by atoms with Gasteiger partial charge in [0.15, 0.2) is 11.3 Å². The molecule has 8 aromatic rings. The molecule has 0 aliphatic carbocycles. The Morgan fingerprint density at radius 3 is 2.21 bits per heavy atom. The van der Waals surface area contributed by atoms with Crippen LogP contribution in [0.3, 0.4) is 0 Å². The predicted octanol–water partition coefficient (Wildman–Crippen LogP) is 5.74. The van der Waals surface area contributed by atoms with Crippen LogP contribution in [0.5, 0.6) is 0 Å². The molecule has 0 saturated carbocycles.